The number of anilines is 2. The highest BCUT2D eigenvalue weighted by Crippen LogP contribution is 2.20. The SMILES string of the molecule is CN(Cc1cc(N)no1)c1ccc2[nH]c(=O)[nH]c2c1. The Morgan fingerprint density at radius 2 is 2.11 bits per heavy atom. The first kappa shape index (κ1) is 11.4. The number of fused-ring (bicyclic) bond motifs is 1. The number of nitrogens with two attached hydrogens (primary N) is 1. The van der Waals surface area contributed by atoms with Crippen molar-refractivity contribution in [2.24, 2.45) is 0 Å². The molecule has 0 fully saturated rings. The fourth-order valence-electron chi connectivity index (χ4n) is 1.99. The van der Waals surface area contributed by atoms with Gasteiger partial charge < -0.3 is 25.1 Å². The molecule has 19 heavy (non-hydrogen) atoms. The highest BCUT2D eigenvalue weighted by Gasteiger charge is 2.08. The Kier molecular flexibility index (Phi) is 2.52. The molecule has 0 bridgehead atoms. The molecule has 0 aliphatic heterocycles. The number of hydrogen-bond acceptors (Lipinski definition) is 5. The second-order valence-corrected chi connectivity index (χ2v) is 4.38. The first-order valence-corrected chi connectivity index (χ1v) is 5.76. The van der Waals surface area contributed by atoms with Crippen molar-refractivity contribution in [2.45, 2.75) is 6.54 Å². The van der Waals surface area contributed by atoms with E-state index in [1.807, 2.05) is 30.1 Å². The van der Waals surface area contributed by atoms with Gasteiger partial charge in [0.15, 0.2) is 11.6 Å². The van der Waals surface area contributed by atoms with Crippen molar-refractivity contribution in [2.75, 3.05) is 17.7 Å². The second-order valence-electron chi connectivity index (χ2n) is 4.38. The Morgan fingerprint density at radius 1 is 1.32 bits per heavy atom. The van der Waals surface area contributed by atoms with Gasteiger partial charge >= 0.3 is 5.69 Å². The van der Waals surface area contributed by atoms with Gasteiger partial charge in [-0.2, -0.15) is 0 Å². The Hall–Kier alpha value is -2.70. The molecule has 98 valence electrons. The highest BCUT2D eigenvalue weighted by atomic mass is 16.5. The molecule has 0 atom stereocenters. The predicted octanol–water partition coefficient (Wildman–Crippen LogP) is 1.06. The molecule has 0 aliphatic rings. The number of aromatic amines is 2. The van der Waals surface area contributed by atoms with Gasteiger partial charge in [0.05, 0.1) is 17.6 Å². The topological polar surface area (TPSA) is 104 Å². The van der Waals surface area contributed by atoms with Crippen LogP contribution in [0, 0.1) is 0 Å². The minimum Gasteiger partial charge on any atom is -0.381 e. The first-order valence-electron chi connectivity index (χ1n) is 5.76. The van der Waals surface area contributed by atoms with E-state index >= 15 is 0 Å². The molecule has 2 aromatic heterocycles. The van der Waals surface area contributed by atoms with Crippen molar-refractivity contribution in [1.29, 1.82) is 0 Å². The van der Waals surface area contributed by atoms with E-state index in [1.165, 1.54) is 0 Å². The Morgan fingerprint density at radius 3 is 2.84 bits per heavy atom. The lowest BCUT2D eigenvalue weighted by atomic mass is 10.2. The normalized spacial score (nSPS) is 11.0. The van der Waals surface area contributed by atoms with Crippen LogP contribution in [0.4, 0.5) is 11.5 Å². The lowest BCUT2D eigenvalue weighted by Gasteiger charge is -2.17. The average molecular weight is 259 g/mol. The summed E-state index contributed by atoms with van der Waals surface area (Å²) < 4.78 is 5.07. The Balaban J connectivity index is 1.88. The molecule has 1 aromatic carbocycles. The zero-order valence-corrected chi connectivity index (χ0v) is 10.3. The number of aromatic nitrogens is 3. The molecule has 4 N–H and O–H groups in total. The van der Waals surface area contributed by atoms with Crippen LogP contribution >= 0.6 is 0 Å². The van der Waals surface area contributed by atoms with Crippen molar-refractivity contribution in [3.8, 4) is 0 Å². The van der Waals surface area contributed by atoms with E-state index in [1.54, 1.807) is 6.07 Å². The maximum absolute atomic E-state index is 11.2. The van der Waals surface area contributed by atoms with Crippen LogP contribution in [0.25, 0.3) is 11.0 Å². The van der Waals surface area contributed by atoms with E-state index in [0.717, 1.165) is 16.7 Å². The van der Waals surface area contributed by atoms with Gasteiger partial charge in [-0.3, -0.25) is 0 Å². The summed E-state index contributed by atoms with van der Waals surface area (Å²) in [5, 5.41) is 3.64. The predicted molar refractivity (Wildman–Crippen MR) is 71.9 cm³/mol. The standard InChI is InChI=1S/C12H13N5O2/c1-17(6-8-5-11(13)16-19-8)7-2-3-9-10(4-7)15-12(18)14-9/h2-5H,6H2,1H3,(H2,13,16)(H2,14,15,18). The number of hydrogen-bond donors (Lipinski definition) is 3. The van der Waals surface area contributed by atoms with Gasteiger partial charge in [0.2, 0.25) is 0 Å². The molecule has 0 unspecified atom stereocenters. The van der Waals surface area contributed by atoms with Gasteiger partial charge in [-0.25, -0.2) is 4.79 Å². The molecule has 0 aliphatic carbocycles. The first-order chi connectivity index (χ1) is 9.11. The van der Waals surface area contributed by atoms with Gasteiger partial charge in [-0.1, -0.05) is 5.16 Å². The molecule has 3 rings (SSSR count). The summed E-state index contributed by atoms with van der Waals surface area (Å²) in [6.45, 7) is 0.546. The lowest BCUT2D eigenvalue weighted by Crippen LogP contribution is -2.15. The van der Waals surface area contributed by atoms with E-state index in [9.17, 15) is 4.79 Å². The number of nitrogens with one attached hydrogen (secondary N) is 2. The van der Waals surface area contributed by atoms with Crippen molar-refractivity contribution >= 4 is 22.5 Å². The summed E-state index contributed by atoms with van der Waals surface area (Å²) >= 11 is 0. The molecule has 2 heterocycles. The summed E-state index contributed by atoms with van der Waals surface area (Å²) in [6.07, 6.45) is 0. The smallest absolute Gasteiger partial charge is 0.323 e. The molecule has 0 saturated carbocycles. The number of nitrogen functional groups attached to an aromatic ring is 1. The van der Waals surface area contributed by atoms with Crippen LogP contribution in [-0.2, 0) is 6.54 Å². The van der Waals surface area contributed by atoms with Crippen LogP contribution in [0.1, 0.15) is 5.76 Å². The molecular formula is C12H13N5O2. The third kappa shape index (κ3) is 2.17. The van der Waals surface area contributed by atoms with E-state index in [-0.39, 0.29) is 5.69 Å². The van der Waals surface area contributed by atoms with Gasteiger partial charge in [0.25, 0.3) is 0 Å². The Bertz CT molecular complexity index is 770. The summed E-state index contributed by atoms with van der Waals surface area (Å²) in [4.78, 5) is 18.6. The fraction of sp³-hybridized carbons (Fsp3) is 0.167. The van der Waals surface area contributed by atoms with Crippen molar-refractivity contribution in [1.82, 2.24) is 15.1 Å². The summed E-state index contributed by atoms with van der Waals surface area (Å²) in [7, 11) is 1.92. The maximum Gasteiger partial charge on any atom is 0.323 e. The van der Waals surface area contributed by atoms with Crippen molar-refractivity contribution in [3.63, 3.8) is 0 Å². The van der Waals surface area contributed by atoms with E-state index in [0.29, 0.717) is 18.1 Å². The Labute approximate surface area is 108 Å². The average Bonchev–Trinajstić information content (AvgIpc) is 2.93. The van der Waals surface area contributed by atoms with Crippen LogP contribution in [0.2, 0.25) is 0 Å². The number of imidazole rings is 1. The molecule has 0 amide bonds. The number of nitrogens with zero attached hydrogens (tertiary/aromatic N) is 2. The molecule has 0 saturated heterocycles. The minimum absolute atomic E-state index is 0.210. The van der Waals surface area contributed by atoms with Crippen molar-refractivity contribution < 1.29 is 4.52 Å². The third-order valence-electron chi connectivity index (χ3n) is 2.91. The summed E-state index contributed by atoms with van der Waals surface area (Å²) in [6, 6.07) is 7.36. The van der Waals surface area contributed by atoms with E-state index in [4.69, 9.17) is 10.3 Å². The molecule has 7 nitrogen and oxygen atoms in total. The van der Waals surface area contributed by atoms with Crippen LogP contribution in [0.5, 0.6) is 0 Å². The third-order valence-corrected chi connectivity index (χ3v) is 2.91. The maximum atomic E-state index is 11.2. The quantitative estimate of drug-likeness (QED) is 0.652. The van der Waals surface area contributed by atoms with Crippen LogP contribution in [0.15, 0.2) is 33.6 Å². The molecule has 7 heteroatoms. The zero-order valence-electron chi connectivity index (χ0n) is 10.3. The minimum atomic E-state index is -0.210. The van der Waals surface area contributed by atoms with Crippen LogP contribution in [-0.4, -0.2) is 22.2 Å². The van der Waals surface area contributed by atoms with Gasteiger partial charge in [-0.15, -0.1) is 0 Å². The number of rotatable bonds is 3. The molecule has 0 spiro atoms. The highest BCUT2D eigenvalue weighted by molar-refractivity contribution is 5.78. The van der Waals surface area contributed by atoms with Crippen LogP contribution in [0.3, 0.4) is 0 Å². The van der Waals surface area contributed by atoms with Gasteiger partial charge in [-0.05, 0) is 18.2 Å². The van der Waals surface area contributed by atoms with E-state index < -0.39 is 0 Å². The van der Waals surface area contributed by atoms with E-state index in [2.05, 4.69) is 15.1 Å². The molecule has 0 radical (unpaired) electrons. The zero-order chi connectivity index (χ0) is 13.4. The lowest BCUT2D eigenvalue weighted by molar-refractivity contribution is 0.385. The number of H-pyrrole nitrogens is 2. The largest absolute Gasteiger partial charge is 0.381 e. The monoisotopic (exact) mass is 259 g/mol. The number of benzene rings is 1. The second kappa shape index (κ2) is 4.20. The summed E-state index contributed by atoms with van der Waals surface area (Å²) in [5.74, 6) is 1.05. The molecule has 3 aromatic rings. The van der Waals surface area contributed by atoms with Crippen molar-refractivity contribution in [3.05, 3.63) is 40.5 Å². The molecular weight excluding hydrogens is 246 g/mol. The fourth-order valence-corrected chi connectivity index (χ4v) is 1.99. The summed E-state index contributed by atoms with van der Waals surface area (Å²) in [5.41, 5.74) is 7.80. The van der Waals surface area contributed by atoms with Gasteiger partial charge in [0.1, 0.15) is 0 Å². The van der Waals surface area contributed by atoms with Gasteiger partial charge in [0, 0.05) is 18.8 Å². The van der Waals surface area contributed by atoms with Crippen LogP contribution < -0.4 is 16.3 Å².